The molecule has 0 saturated carbocycles. The van der Waals surface area contributed by atoms with Gasteiger partial charge >= 0.3 is 0 Å². The Morgan fingerprint density at radius 3 is 2.81 bits per heavy atom. The van der Waals surface area contributed by atoms with Crippen molar-refractivity contribution in [3.8, 4) is 0 Å². The molecular formula is C13H17F2N. The van der Waals surface area contributed by atoms with Crippen LogP contribution in [0, 0.1) is 24.5 Å². The lowest BCUT2D eigenvalue weighted by molar-refractivity contribution is 0.371. The van der Waals surface area contributed by atoms with E-state index in [0.717, 1.165) is 32.0 Å². The van der Waals surface area contributed by atoms with Gasteiger partial charge in [0.15, 0.2) is 0 Å². The molecule has 0 radical (unpaired) electrons. The Bertz CT molecular complexity index is 370. The van der Waals surface area contributed by atoms with Gasteiger partial charge in [0.05, 0.1) is 0 Å². The zero-order valence-corrected chi connectivity index (χ0v) is 9.52. The Morgan fingerprint density at radius 1 is 1.31 bits per heavy atom. The van der Waals surface area contributed by atoms with Crippen LogP contribution in [0.1, 0.15) is 24.0 Å². The Hall–Kier alpha value is -0.960. The average molecular weight is 225 g/mol. The van der Waals surface area contributed by atoms with E-state index in [-0.39, 0.29) is 0 Å². The topological polar surface area (TPSA) is 12.0 Å². The molecule has 0 bridgehead atoms. The monoisotopic (exact) mass is 225 g/mol. The minimum Gasteiger partial charge on any atom is -0.316 e. The minimum atomic E-state index is -0.456. The van der Waals surface area contributed by atoms with E-state index < -0.39 is 11.6 Å². The van der Waals surface area contributed by atoms with Crippen LogP contribution in [-0.4, -0.2) is 13.1 Å². The van der Waals surface area contributed by atoms with Crippen LogP contribution in [0.15, 0.2) is 12.1 Å². The Morgan fingerprint density at radius 2 is 2.12 bits per heavy atom. The highest BCUT2D eigenvalue weighted by molar-refractivity contribution is 5.26. The molecule has 2 rings (SSSR count). The number of rotatable bonds is 2. The van der Waals surface area contributed by atoms with Crippen LogP contribution in [0.3, 0.4) is 0 Å². The summed E-state index contributed by atoms with van der Waals surface area (Å²) in [4.78, 5) is 0. The molecule has 0 aromatic heterocycles. The maximum absolute atomic E-state index is 13.5. The maximum Gasteiger partial charge on any atom is 0.129 e. The van der Waals surface area contributed by atoms with Gasteiger partial charge in [0.2, 0.25) is 0 Å². The van der Waals surface area contributed by atoms with Gasteiger partial charge in [0.1, 0.15) is 11.6 Å². The molecule has 1 aromatic carbocycles. The van der Waals surface area contributed by atoms with Gasteiger partial charge in [-0.2, -0.15) is 0 Å². The molecule has 1 N–H and O–H groups in total. The largest absolute Gasteiger partial charge is 0.316 e. The summed E-state index contributed by atoms with van der Waals surface area (Å²) in [6.45, 7) is 3.68. The fraction of sp³-hybridized carbons (Fsp3) is 0.538. The maximum atomic E-state index is 13.5. The van der Waals surface area contributed by atoms with Crippen molar-refractivity contribution in [1.29, 1.82) is 0 Å². The lowest BCUT2D eigenvalue weighted by Gasteiger charge is -2.23. The number of nitrogens with one attached hydrogen (secondary N) is 1. The van der Waals surface area contributed by atoms with Crippen molar-refractivity contribution < 1.29 is 8.78 Å². The summed E-state index contributed by atoms with van der Waals surface area (Å²) in [5.74, 6) is -0.384. The van der Waals surface area contributed by atoms with Gasteiger partial charge in [-0.1, -0.05) is 6.07 Å². The third-order valence-corrected chi connectivity index (χ3v) is 3.24. The van der Waals surface area contributed by atoms with E-state index in [0.29, 0.717) is 23.5 Å². The lowest BCUT2D eigenvalue weighted by Crippen LogP contribution is -2.31. The van der Waals surface area contributed by atoms with E-state index in [2.05, 4.69) is 5.32 Å². The molecule has 0 spiro atoms. The van der Waals surface area contributed by atoms with Crippen LogP contribution in [-0.2, 0) is 6.42 Å². The second kappa shape index (κ2) is 4.91. The Labute approximate surface area is 94.9 Å². The summed E-state index contributed by atoms with van der Waals surface area (Å²) in [6.07, 6.45) is 2.98. The van der Waals surface area contributed by atoms with Gasteiger partial charge in [-0.3, -0.25) is 0 Å². The number of piperidine rings is 1. The van der Waals surface area contributed by atoms with Crippen molar-refractivity contribution in [2.24, 2.45) is 5.92 Å². The molecular weight excluding hydrogens is 208 g/mol. The first-order chi connectivity index (χ1) is 7.66. The first-order valence-electron chi connectivity index (χ1n) is 5.82. The summed E-state index contributed by atoms with van der Waals surface area (Å²) in [6, 6.07) is 2.64. The summed E-state index contributed by atoms with van der Waals surface area (Å²) >= 11 is 0. The second-order valence-electron chi connectivity index (χ2n) is 4.61. The van der Waals surface area contributed by atoms with E-state index in [1.165, 1.54) is 0 Å². The first-order valence-corrected chi connectivity index (χ1v) is 5.82. The van der Waals surface area contributed by atoms with Crippen LogP contribution in [0.4, 0.5) is 8.78 Å². The van der Waals surface area contributed by atoms with Crippen molar-refractivity contribution in [1.82, 2.24) is 5.32 Å². The molecule has 1 unspecified atom stereocenters. The number of halogens is 2. The van der Waals surface area contributed by atoms with E-state index in [9.17, 15) is 8.78 Å². The molecule has 1 atom stereocenters. The van der Waals surface area contributed by atoms with Crippen LogP contribution in [0.2, 0.25) is 0 Å². The minimum absolute atomic E-state index is 0.409. The molecule has 1 aliphatic heterocycles. The molecule has 1 aromatic rings. The van der Waals surface area contributed by atoms with Crippen molar-refractivity contribution in [2.45, 2.75) is 26.2 Å². The molecule has 16 heavy (non-hydrogen) atoms. The van der Waals surface area contributed by atoms with Crippen molar-refractivity contribution in [3.63, 3.8) is 0 Å². The van der Waals surface area contributed by atoms with Crippen molar-refractivity contribution >= 4 is 0 Å². The van der Waals surface area contributed by atoms with E-state index in [4.69, 9.17) is 0 Å². The number of aryl methyl sites for hydroxylation is 1. The third-order valence-electron chi connectivity index (χ3n) is 3.24. The third kappa shape index (κ3) is 2.59. The summed E-state index contributed by atoms with van der Waals surface area (Å²) in [5.41, 5.74) is 1.17. The van der Waals surface area contributed by atoms with Gasteiger partial charge in [-0.25, -0.2) is 8.78 Å². The van der Waals surface area contributed by atoms with E-state index in [1.54, 1.807) is 13.0 Å². The molecule has 1 heterocycles. The standard InChI is InChI=1S/C13H17F2N/c1-9-5-11(13(15)7-12(9)14)6-10-3-2-4-16-8-10/h5,7,10,16H,2-4,6,8H2,1H3. The van der Waals surface area contributed by atoms with Crippen molar-refractivity contribution in [3.05, 3.63) is 34.9 Å². The summed E-state index contributed by atoms with van der Waals surface area (Å²) in [7, 11) is 0. The zero-order valence-electron chi connectivity index (χ0n) is 9.52. The molecule has 1 aliphatic rings. The lowest BCUT2D eigenvalue weighted by atomic mass is 9.91. The molecule has 1 saturated heterocycles. The van der Waals surface area contributed by atoms with Crippen LogP contribution >= 0.6 is 0 Å². The fourth-order valence-corrected chi connectivity index (χ4v) is 2.28. The molecule has 88 valence electrons. The quantitative estimate of drug-likeness (QED) is 0.816. The Kier molecular flexibility index (Phi) is 3.54. The molecule has 1 fully saturated rings. The van der Waals surface area contributed by atoms with Gasteiger partial charge in [0.25, 0.3) is 0 Å². The molecule has 0 amide bonds. The van der Waals surface area contributed by atoms with Crippen LogP contribution < -0.4 is 5.32 Å². The Balaban J connectivity index is 2.11. The summed E-state index contributed by atoms with van der Waals surface area (Å²) in [5, 5.41) is 3.30. The predicted molar refractivity (Wildman–Crippen MR) is 60.4 cm³/mol. The van der Waals surface area contributed by atoms with Gasteiger partial charge in [0, 0.05) is 6.07 Å². The SMILES string of the molecule is Cc1cc(CC2CCCNC2)c(F)cc1F. The molecule has 0 aliphatic carbocycles. The van der Waals surface area contributed by atoms with E-state index >= 15 is 0 Å². The summed E-state index contributed by atoms with van der Waals surface area (Å²) < 4.78 is 26.6. The average Bonchev–Trinajstić information content (AvgIpc) is 2.27. The van der Waals surface area contributed by atoms with Crippen LogP contribution in [0.25, 0.3) is 0 Å². The fourth-order valence-electron chi connectivity index (χ4n) is 2.28. The smallest absolute Gasteiger partial charge is 0.129 e. The highest BCUT2D eigenvalue weighted by atomic mass is 19.1. The highest BCUT2D eigenvalue weighted by Crippen LogP contribution is 2.21. The van der Waals surface area contributed by atoms with E-state index in [1.807, 2.05) is 0 Å². The van der Waals surface area contributed by atoms with Crippen molar-refractivity contribution in [2.75, 3.05) is 13.1 Å². The number of hydrogen-bond donors (Lipinski definition) is 1. The molecule has 3 heteroatoms. The zero-order chi connectivity index (χ0) is 11.5. The second-order valence-corrected chi connectivity index (χ2v) is 4.61. The van der Waals surface area contributed by atoms with Gasteiger partial charge in [-0.15, -0.1) is 0 Å². The van der Waals surface area contributed by atoms with Crippen LogP contribution in [0.5, 0.6) is 0 Å². The first kappa shape index (κ1) is 11.5. The number of hydrogen-bond acceptors (Lipinski definition) is 1. The van der Waals surface area contributed by atoms with Gasteiger partial charge in [-0.05, 0) is 56.3 Å². The molecule has 1 nitrogen and oxygen atoms in total. The predicted octanol–water partition coefficient (Wildman–Crippen LogP) is 2.82. The van der Waals surface area contributed by atoms with Gasteiger partial charge < -0.3 is 5.32 Å². The highest BCUT2D eigenvalue weighted by Gasteiger charge is 2.16. The number of benzene rings is 1. The normalized spacial score (nSPS) is 21.1.